The predicted octanol–water partition coefficient (Wildman–Crippen LogP) is 1.96. The number of carbonyl (C=O) groups is 1. The molecule has 0 fully saturated rings. The standard InChI is InChI=1S/C12H16FNO2/c1-6-4-9(13)5-10(7(6)2)8(3)11(14)12(15)16/h4-5,8,11H,14H2,1-3H3,(H,15,16). The van der Waals surface area contributed by atoms with Gasteiger partial charge in [0.25, 0.3) is 0 Å². The maximum absolute atomic E-state index is 13.2. The predicted molar refractivity (Wildman–Crippen MR) is 59.9 cm³/mol. The minimum atomic E-state index is -1.08. The fraction of sp³-hybridized carbons (Fsp3) is 0.417. The topological polar surface area (TPSA) is 63.3 Å². The molecule has 0 aromatic heterocycles. The van der Waals surface area contributed by atoms with Gasteiger partial charge in [-0.1, -0.05) is 6.92 Å². The molecule has 0 aliphatic rings. The number of carboxylic acid groups (broad SMARTS) is 1. The van der Waals surface area contributed by atoms with Crippen molar-refractivity contribution in [1.29, 1.82) is 0 Å². The van der Waals surface area contributed by atoms with Crippen LogP contribution < -0.4 is 5.73 Å². The van der Waals surface area contributed by atoms with Crippen molar-refractivity contribution in [2.75, 3.05) is 0 Å². The number of benzene rings is 1. The molecule has 1 rings (SSSR count). The highest BCUT2D eigenvalue weighted by molar-refractivity contribution is 5.74. The summed E-state index contributed by atoms with van der Waals surface area (Å²) < 4.78 is 13.2. The third-order valence-corrected chi connectivity index (χ3v) is 2.99. The Hall–Kier alpha value is -1.42. The lowest BCUT2D eigenvalue weighted by Gasteiger charge is -2.19. The Labute approximate surface area is 94.1 Å². The maximum Gasteiger partial charge on any atom is 0.321 e. The van der Waals surface area contributed by atoms with E-state index in [1.54, 1.807) is 13.8 Å². The highest BCUT2D eigenvalue weighted by Gasteiger charge is 2.23. The van der Waals surface area contributed by atoms with E-state index in [9.17, 15) is 9.18 Å². The van der Waals surface area contributed by atoms with Crippen molar-refractivity contribution in [1.82, 2.24) is 0 Å². The minimum Gasteiger partial charge on any atom is -0.480 e. The largest absolute Gasteiger partial charge is 0.480 e. The summed E-state index contributed by atoms with van der Waals surface area (Å²) in [6.07, 6.45) is 0. The summed E-state index contributed by atoms with van der Waals surface area (Å²) >= 11 is 0. The van der Waals surface area contributed by atoms with E-state index in [1.165, 1.54) is 12.1 Å². The van der Waals surface area contributed by atoms with Crippen molar-refractivity contribution in [2.24, 2.45) is 5.73 Å². The number of nitrogens with two attached hydrogens (primary N) is 1. The molecule has 0 saturated carbocycles. The Kier molecular flexibility index (Phi) is 3.65. The summed E-state index contributed by atoms with van der Waals surface area (Å²) in [5.41, 5.74) is 7.90. The van der Waals surface area contributed by atoms with E-state index in [2.05, 4.69) is 0 Å². The van der Waals surface area contributed by atoms with Crippen LogP contribution in [0.15, 0.2) is 12.1 Å². The quantitative estimate of drug-likeness (QED) is 0.826. The van der Waals surface area contributed by atoms with Crippen LogP contribution in [0.25, 0.3) is 0 Å². The van der Waals surface area contributed by atoms with Crippen LogP contribution in [0.4, 0.5) is 4.39 Å². The molecule has 16 heavy (non-hydrogen) atoms. The molecule has 2 unspecified atom stereocenters. The molecule has 0 radical (unpaired) electrons. The van der Waals surface area contributed by atoms with Gasteiger partial charge in [-0.2, -0.15) is 0 Å². The average molecular weight is 225 g/mol. The van der Waals surface area contributed by atoms with Gasteiger partial charge in [0.05, 0.1) is 0 Å². The smallest absolute Gasteiger partial charge is 0.321 e. The average Bonchev–Trinajstić information content (AvgIpc) is 2.21. The fourth-order valence-electron chi connectivity index (χ4n) is 1.72. The number of aliphatic carboxylic acids is 1. The third kappa shape index (κ3) is 2.39. The van der Waals surface area contributed by atoms with Crippen LogP contribution in [0.2, 0.25) is 0 Å². The van der Waals surface area contributed by atoms with Crippen molar-refractivity contribution >= 4 is 5.97 Å². The molecule has 1 aromatic carbocycles. The zero-order valence-electron chi connectivity index (χ0n) is 9.62. The first kappa shape index (κ1) is 12.6. The first-order valence-corrected chi connectivity index (χ1v) is 5.09. The molecule has 0 aliphatic carbocycles. The zero-order chi connectivity index (χ0) is 12.5. The van der Waals surface area contributed by atoms with Gasteiger partial charge in [-0.05, 0) is 42.7 Å². The van der Waals surface area contributed by atoms with Crippen LogP contribution in [-0.4, -0.2) is 17.1 Å². The summed E-state index contributed by atoms with van der Waals surface area (Å²) in [7, 11) is 0. The first-order chi connectivity index (χ1) is 7.34. The summed E-state index contributed by atoms with van der Waals surface area (Å²) in [6.45, 7) is 5.33. The van der Waals surface area contributed by atoms with Crippen molar-refractivity contribution < 1.29 is 14.3 Å². The molecule has 4 heteroatoms. The summed E-state index contributed by atoms with van der Waals surface area (Å²) in [5.74, 6) is -1.84. The molecule has 0 spiro atoms. The minimum absolute atomic E-state index is 0.359. The van der Waals surface area contributed by atoms with Crippen LogP contribution in [0.3, 0.4) is 0 Å². The number of carboxylic acids is 1. The molecule has 2 atom stereocenters. The van der Waals surface area contributed by atoms with Crippen LogP contribution in [0.5, 0.6) is 0 Å². The second kappa shape index (κ2) is 4.61. The molecule has 3 nitrogen and oxygen atoms in total. The summed E-state index contributed by atoms with van der Waals surface area (Å²) in [4.78, 5) is 10.8. The van der Waals surface area contributed by atoms with Crippen molar-refractivity contribution in [3.05, 3.63) is 34.6 Å². The van der Waals surface area contributed by atoms with Gasteiger partial charge in [0.1, 0.15) is 11.9 Å². The van der Waals surface area contributed by atoms with E-state index in [-0.39, 0.29) is 5.82 Å². The SMILES string of the molecule is Cc1cc(F)cc(C(C)C(N)C(=O)O)c1C. The van der Waals surface area contributed by atoms with E-state index in [0.29, 0.717) is 5.56 Å². The number of halogens is 1. The van der Waals surface area contributed by atoms with Crippen LogP contribution >= 0.6 is 0 Å². The van der Waals surface area contributed by atoms with Gasteiger partial charge in [-0.3, -0.25) is 4.79 Å². The van der Waals surface area contributed by atoms with Gasteiger partial charge in [0.2, 0.25) is 0 Å². The highest BCUT2D eigenvalue weighted by Crippen LogP contribution is 2.25. The van der Waals surface area contributed by atoms with E-state index in [4.69, 9.17) is 10.8 Å². The normalized spacial score (nSPS) is 14.6. The van der Waals surface area contributed by atoms with E-state index >= 15 is 0 Å². The monoisotopic (exact) mass is 225 g/mol. The van der Waals surface area contributed by atoms with Crippen molar-refractivity contribution in [2.45, 2.75) is 32.7 Å². The second-order valence-electron chi connectivity index (χ2n) is 4.09. The van der Waals surface area contributed by atoms with Crippen LogP contribution in [0, 0.1) is 19.7 Å². The molecule has 0 amide bonds. The summed E-state index contributed by atoms with van der Waals surface area (Å²) in [6, 6.07) is 1.77. The van der Waals surface area contributed by atoms with Crippen molar-refractivity contribution in [3.63, 3.8) is 0 Å². The molecule has 0 aliphatic heterocycles. The number of aryl methyl sites for hydroxylation is 1. The molecule has 88 valence electrons. The van der Waals surface area contributed by atoms with E-state index < -0.39 is 17.9 Å². The highest BCUT2D eigenvalue weighted by atomic mass is 19.1. The van der Waals surface area contributed by atoms with Gasteiger partial charge < -0.3 is 10.8 Å². The van der Waals surface area contributed by atoms with E-state index in [1.807, 2.05) is 6.92 Å². The number of hydrogen-bond donors (Lipinski definition) is 2. The molecular formula is C12H16FNO2. The number of hydrogen-bond acceptors (Lipinski definition) is 2. The van der Waals surface area contributed by atoms with E-state index in [0.717, 1.165) is 11.1 Å². The third-order valence-electron chi connectivity index (χ3n) is 2.99. The Morgan fingerprint density at radius 1 is 1.44 bits per heavy atom. The van der Waals surface area contributed by atoms with Crippen molar-refractivity contribution in [3.8, 4) is 0 Å². The maximum atomic E-state index is 13.2. The van der Waals surface area contributed by atoms with Gasteiger partial charge in [0.15, 0.2) is 0 Å². The van der Waals surface area contributed by atoms with Gasteiger partial charge in [-0.15, -0.1) is 0 Å². The first-order valence-electron chi connectivity index (χ1n) is 5.09. The Balaban J connectivity index is 3.17. The lowest BCUT2D eigenvalue weighted by Crippen LogP contribution is -2.35. The molecule has 0 bridgehead atoms. The Bertz CT molecular complexity index is 418. The van der Waals surface area contributed by atoms with Gasteiger partial charge in [0, 0.05) is 5.92 Å². The fourth-order valence-corrected chi connectivity index (χ4v) is 1.72. The van der Waals surface area contributed by atoms with Gasteiger partial charge in [-0.25, -0.2) is 4.39 Å². The Morgan fingerprint density at radius 3 is 2.50 bits per heavy atom. The van der Waals surface area contributed by atoms with Crippen LogP contribution in [0.1, 0.15) is 29.5 Å². The zero-order valence-corrected chi connectivity index (χ0v) is 9.62. The Morgan fingerprint density at radius 2 is 2.00 bits per heavy atom. The molecular weight excluding hydrogens is 209 g/mol. The molecule has 1 aromatic rings. The molecule has 0 saturated heterocycles. The molecule has 0 heterocycles. The number of rotatable bonds is 3. The lowest BCUT2D eigenvalue weighted by atomic mass is 9.88. The lowest BCUT2D eigenvalue weighted by molar-refractivity contribution is -0.139. The molecule has 3 N–H and O–H groups in total. The summed E-state index contributed by atoms with van der Waals surface area (Å²) in [5, 5.41) is 8.82. The second-order valence-corrected chi connectivity index (χ2v) is 4.09. The van der Waals surface area contributed by atoms with Gasteiger partial charge >= 0.3 is 5.97 Å². The van der Waals surface area contributed by atoms with Crippen LogP contribution in [-0.2, 0) is 4.79 Å².